The second-order valence-corrected chi connectivity index (χ2v) is 4.54. The fraction of sp³-hybridized carbons (Fsp3) is 0.571. The van der Waals surface area contributed by atoms with E-state index < -0.39 is 0 Å². The Morgan fingerprint density at radius 3 is 2.69 bits per heavy atom. The van der Waals surface area contributed by atoms with E-state index in [1.807, 2.05) is 12.1 Å². The minimum Gasteiger partial charge on any atom is -0.399 e. The van der Waals surface area contributed by atoms with Gasteiger partial charge in [0.25, 0.3) is 0 Å². The Bertz CT molecular complexity index is 297. The minimum absolute atomic E-state index is 0.858. The van der Waals surface area contributed by atoms with Crippen LogP contribution in [0.3, 0.4) is 0 Å². The van der Waals surface area contributed by atoms with Gasteiger partial charge in [0.1, 0.15) is 0 Å². The number of unbranched alkanes of at least 4 members (excludes halogenated alkanes) is 3. The van der Waals surface area contributed by atoms with Gasteiger partial charge in [-0.3, -0.25) is 0 Å². The number of benzene rings is 1. The highest BCUT2D eigenvalue weighted by molar-refractivity contribution is 5.40. The van der Waals surface area contributed by atoms with E-state index in [2.05, 4.69) is 31.0 Å². The molecule has 0 unspecified atom stereocenters. The first-order chi connectivity index (χ1) is 7.72. The van der Waals surface area contributed by atoms with E-state index in [-0.39, 0.29) is 0 Å². The molecule has 0 bridgehead atoms. The molecule has 0 spiro atoms. The summed E-state index contributed by atoms with van der Waals surface area (Å²) in [6.45, 7) is 4.42. The molecule has 1 aromatic rings. The van der Waals surface area contributed by atoms with Crippen molar-refractivity contribution in [1.29, 1.82) is 0 Å². The van der Waals surface area contributed by atoms with Crippen LogP contribution in [-0.4, -0.2) is 18.5 Å². The fourth-order valence-electron chi connectivity index (χ4n) is 1.89. The molecular weight excluding hydrogens is 196 g/mol. The van der Waals surface area contributed by atoms with Gasteiger partial charge in [-0.05, 0) is 37.7 Å². The zero-order valence-electron chi connectivity index (χ0n) is 10.6. The van der Waals surface area contributed by atoms with Crippen molar-refractivity contribution in [2.24, 2.45) is 0 Å². The lowest BCUT2D eigenvalue weighted by atomic mass is 10.1. The maximum absolute atomic E-state index is 5.76. The first kappa shape index (κ1) is 13.0. The Morgan fingerprint density at radius 1 is 1.19 bits per heavy atom. The molecular formula is C14H24N2. The molecule has 1 aromatic carbocycles. The molecule has 2 heteroatoms. The Kier molecular flexibility index (Phi) is 5.94. The van der Waals surface area contributed by atoms with Crippen molar-refractivity contribution < 1.29 is 0 Å². The summed E-state index contributed by atoms with van der Waals surface area (Å²) in [5, 5.41) is 0. The quantitative estimate of drug-likeness (QED) is 0.564. The van der Waals surface area contributed by atoms with Crippen molar-refractivity contribution >= 4 is 5.69 Å². The van der Waals surface area contributed by atoms with E-state index in [9.17, 15) is 0 Å². The van der Waals surface area contributed by atoms with Gasteiger partial charge in [-0.2, -0.15) is 0 Å². The monoisotopic (exact) mass is 220 g/mol. The average molecular weight is 220 g/mol. The molecule has 2 nitrogen and oxygen atoms in total. The average Bonchev–Trinajstić information content (AvgIpc) is 2.24. The molecule has 1 rings (SSSR count). The largest absolute Gasteiger partial charge is 0.399 e. The summed E-state index contributed by atoms with van der Waals surface area (Å²) >= 11 is 0. The molecule has 0 aliphatic heterocycles. The highest BCUT2D eigenvalue weighted by atomic mass is 15.1. The van der Waals surface area contributed by atoms with E-state index >= 15 is 0 Å². The van der Waals surface area contributed by atoms with Crippen molar-refractivity contribution in [2.45, 2.75) is 39.2 Å². The van der Waals surface area contributed by atoms with Gasteiger partial charge < -0.3 is 10.6 Å². The molecule has 0 fully saturated rings. The molecule has 0 heterocycles. The van der Waals surface area contributed by atoms with Crippen molar-refractivity contribution in [3.05, 3.63) is 29.8 Å². The van der Waals surface area contributed by atoms with Crippen molar-refractivity contribution in [3.63, 3.8) is 0 Å². The van der Waals surface area contributed by atoms with E-state index in [1.54, 1.807) is 0 Å². The van der Waals surface area contributed by atoms with Gasteiger partial charge in [-0.25, -0.2) is 0 Å². The summed E-state index contributed by atoms with van der Waals surface area (Å²) < 4.78 is 0. The fourth-order valence-corrected chi connectivity index (χ4v) is 1.89. The SMILES string of the molecule is CCCCCCN(C)Cc1cccc(N)c1. The van der Waals surface area contributed by atoms with Gasteiger partial charge in [0.05, 0.1) is 0 Å². The molecule has 2 N–H and O–H groups in total. The van der Waals surface area contributed by atoms with Gasteiger partial charge in [-0.1, -0.05) is 38.3 Å². The number of nitrogens with two attached hydrogens (primary N) is 1. The molecule has 0 aliphatic carbocycles. The first-order valence-electron chi connectivity index (χ1n) is 6.25. The van der Waals surface area contributed by atoms with Crippen LogP contribution in [0.1, 0.15) is 38.2 Å². The maximum atomic E-state index is 5.76. The third-order valence-electron chi connectivity index (χ3n) is 2.80. The number of hydrogen-bond acceptors (Lipinski definition) is 2. The topological polar surface area (TPSA) is 29.3 Å². The second-order valence-electron chi connectivity index (χ2n) is 4.54. The lowest BCUT2D eigenvalue weighted by Gasteiger charge is -2.16. The van der Waals surface area contributed by atoms with Crippen LogP contribution in [0.4, 0.5) is 5.69 Å². The van der Waals surface area contributed by atoms with E-state index in [0.29, 0.717) is 0 Å². The van der Waals surface area contributed by atoms with Crippen LogP contribution in [0.2, 0.25) is 0 Å². The number of anilines is 1. The normalized spacial score (nSPS) is 10.9. The van der Waals surface area contributed by atoms with Crippen LogP contribution in [-0.2, 0) is 6.54 Å². The third kappa shape index (κ3) is 5.17. The Balaban J connectivity index is 2.25. The second kappa shape index (κ2) is 7.29. The highest BCUT2D eigenvalue weighted by Gasteiger charge is 2.00. The Morgan fingerprint density at radius 2 is 2.00 bits per heavy atom. The van der Waals surface area contributed by atoms with E-state index in [4.69, 9.17) is 5.73 Å². The number of rotatable bonds is 7. The zero-order chi connectivity index (χ0) is 11.8. The first-order valence-corrected chi connectivity index (χ1v) is 6.25. The van der Waals surface area contributed by atoms with Crippen LogP contribution in [0.25, 0.3) is 0 Å². The molecule has 0 atom stereocenters. The molecule has 0 radical (unpaired) electrons. The summed E-state index contributed by atoms with van der Waals surface area (Å²) in [6, 6.07) is 8.15. The van der Waals surface area contributed by atoms with Gasteiger partial charge >= 0.3 is 0 Å². The van der Waals surface area contributed by atoms with Gasteiger partial charge in [0.15, 0.2) is 0 Å². The summed E-state index contributed by atoms with van der Waals surface area (Å²) in [5.41, 5.74) is 7.92. The summed E-state index contributed by atoms with van der Waals surface area (Å²) in [5.74, 6) is 0. The predicted molar refractivity (Wildman–Crippen MR) is 71.3 cm³/mol. The summed E-state index contributed by atoms with van der Waals surface area (Å²) in [6.07, 6.45) is 5.30. The minimum atomic E-state index is 0.858. The predicted octanol–water partition coefficient (Wildman–Crippen LogP) is 3.28. The van der Waals surface area contributed by atoms with E-state index in [1.165, 1.54) is 37.8 Å². The molecule has 0 saturated carbocycles. The zero-order valence-corrected chi connectivity index (χ0v) is 10.6. The van der Waals surface area contributed by atoms with Gasteiger partial charge in [0, 0.05) is 12.2 Å². The lowest BCUT2D eigenvalue weighted by Crippen LogP contribution is -2.19. The van der Waals surface area contributed by atoms with Gasteiger partial charge in [-0.15, -0.1) is 0 Å². The maximum Gasteiger partial charge on any atom is 0.0317 e. The standard InChI is InChI=1S/C14H24N2/c1-3-4-5-6-10-16(2)12-13-8-7-9-14(15)11-13/h7-9,11H,3-6,10,12,15H2,1-2H3. The molecule has 0 aromatic heterocycles. The van der Waals surface area contributed by atoms with E-state index in [0.717, 1.165) is 12.2 Å². The van der Waals surface area contributed by atoms with Crippen LogP contribution < -0.4 is 5.73 Å². The summed E-state index contributed by atoms with van der Waals surface area (Å²) in [7, 11) is 2.18. The number of nitrogens with zero attached hydrogens (tertiary/aromatic N) is 1. The number of nitrogen functional groups attached to an aromatic ring is 1. The molecule has 0 aliphatic rings. The smallest absolute Gasteiger partial charge is 0.0317 e. The lowest BCUT2D eigenvalue weighted by molar-refractivity contribution is 0.317. The highest BCUT2D eigenvalue weighted by Crippen LogP contribution is 2.09. The van der Waals surface area contributed by atoms with Crippen LogP contribution in [0, 0.1) is 0 Å². The number of hydrogen-bond donors (Lipinski definition) is 1. The van der Waals surface area contributed by atoms with Crippen molar-refractivity contribution in [3.8, 4) is 0 Å². The van der Waals surface area contributed by atoms with Crippen LogP contribution >= 0.6 is 0 Å². The molecule has 90 valence electrons. The molecule has 0 saturated heterocycles. The molecule has 0 amide bonds. The molecule has 16 heavy (non-hydrogen) atoms. The van der Waals surface area contributed by atoms with Crippen molar-refractivity contribution in [2.75, 3.05) is 19.3 Å². The van der Waals surface area contributed by atoms with Gasteiger partial charge in [0.2, 0.25) is 0 Å². The Labute approximate surface area is 99.5 Å². The van der Waals surface area contributed by atoms with Crippen LogP contribution in [0.15, 0.2) is 24.3 Å². The van der Waals surface area contributed by atoms with Crippen molar-refractivity contribution in [1.82, 2.24) is 4.90 Å². The third-order valence-corrected chi connectivity index (χ3v) is 2.80. The Hall–Kier alpha value is -1.02. The van der Waals surface area contributed by atoms with Crippen LogP contribution in [0.5, 0.6) is 0 Å². The summed E-state index contributed by atoms with van der Waals surface area (Å²) in [4.78, 5) is 2.37.